The molecule has 1 aromatic carbocycles. The van der Waals surface area contributed by atoms with Crippen LogP contribution in [0.15, 0.2) is 33.4 Å². The molecule has 0 saturated heterocycles. The summed E-state index contributed by atoms with van der Waals surface area (Å²) >= 11 is 4.40. The largest absolute Gasteiger partial charge is 0.301 e. The summed E-state index contributed by atoms with van der Waals surface area (Å²) < 4.78 is 1.08. The lowest BCUT2D eigenvalue weighted by Crippen LogP contribution is -2.22. The molecule has 23 heavy (non-hydrogen) atoms. The number of rotatable bonds is 6. The van der Waals surface area contributed by atoms with Gasteiger partial charge >= 0.3 is 0 Å². The first-order chi connectivity index (χ1) is 10.9. The zero-order chi connectivity index (χ0) is 17.0. The van der Waals surface area contributed by atoms with E-state index in [4.69, 9.17) is 0 Å². The Morgan fingerprint density at radius 1 is 1.39 bits per heavy atom. The molecule has 122 valence electrons. The molecule has 2 aromatic rings. The second kappa shape index (κ2) is 7.80. The first kappa shape index (κ1) is 17.8. The van der Waals surface area contributed by atoms with Crippen molar-refractivity contribution < 1.29 is 9.72 Å². The lowest BCUT2D eigenvalue weighted by Gasteiger charge is -2.10. The van der Waals surface area contributed by atoms with Crippen LogP contribution >= 0.6 is 34.9 Å². The molecule has 6 nitrogen and oxygen atoms in total. The zero-order valence-corrected chi connectivity index (χ0v) is 15.2. The van der Waals surface area contributed by atoms with Crippen LogP contribution in [-0.4, -0.2) is 27.3 Å². The number of hydrogen-bond donors (Lipinski definition) is 1. The fraction of sp³-hybridized carbons (Fsp3) is 0.286. The van der Waals surface area contributed by atoms with Crippen molar-refractivity contribution in [3.05, 3.63) is 40.1 Å². The topological polar surface area (TPSA) is 85.1 Å². The third kappa shape index (κ3) is 4.69. The van der Waals surface area contributed by atoms with Crippen LogP contribution in [0.5, 0.6) is 0 Å². The van der Waals surface area contributed by atoms with E-state index in [1.807, 2.05) is 13.2 Å². The minimum absolute atomic E-state index is 0.0364. The third-order valence-electron chi connectivity index (χ3n) is 2.90. The second-order valence-corrected chi connectivity index (χ2v) is 8.08. The molecule has 0 saturated carbocycles. The Kier molecular flexibility index (Phi) is 6.03. The standard InChI is InChI=1S/C14H15N3O3S3/c1-8-13(21-3)23-14(15-8)16-12(18)9(2)22-11-6-4-10(5-7-11)17(19)20/h4-7,9H,1-3H3,(H,15,16,18). The molecular weight excluding hydrogens is 354 g/mol. The van der Waals surface area contributed by atoms with Crippen LogP contribution < -0.4 is 5.32 Å². The molecular formula is C14H15N3O3S3. The Labute approximate surface area is 146 Å². The van der Waals surface area contributed by atoms with Crippen molar-refractivity contribution in [2.75, 3.05) is 11.6 Å². The van der Waals surface area contributed by atoms with E-state index in [1.54, 1.807) is 30.8 Å². The third-order valence-corrected chi connectivity index (χ3v) is 6.29. The van der Waals surface area contributed by atoms with Crippen molar-refractivity contribution in [1.29, 1.82) is 0 Å². The van der Waals surface area contributed by atoms with Gasteiger partial charge in [0.1, 0.15) is 0 Å². The van der Waals surface area contributed by atoms with E-state index in [0.717, 1.165) is 14.8 Å². The monoisotopic (exact) mass is 369 g/mol. The quantitative estimate of drug-likeness (QED) is 0.466. The average Bonchev–Trinajstić information content (AvgIpc) is 2.87. The van der Waals surface area contributed by atoms with Gasteiger partial charge in [-0.05, 0) is 32.2 Å². The van der Waals surface area contributed by atoms with E-state index in [-0.39, 0.29) is 16.8 Å². The predicted octanol–water partition coefficient (Wildman–Crippen LogP) is 4.20. The van der Waals surface area contributed by atoms with Crippen molar-refractivity contribution in [3.63, 3.8) is 0 Å². The number of nitrogens with one attached hydrogen (secondary N) is 1. The van der Waals surface area contributed by atoms with Crippen molar-refractivity contribution in [1.82, 2.24) is 4.98 Å². The van der Waals surface area contributed by atoms with Crippen LogP contribution in [-0.2, 0) is 4.79 Å². The van der Waals surface area contributed by atoms with Crippen molar-refractivity contribution in [2.45, 2.75) is 28.2 Å². The van der Waals surface area contributed by atoms with Gasteiger partial charge in [0.25, 0.3) is 5.69 Å². The molecule has 1 heterocycles. The Hall–Kier alpha value is -1.58. The number of nitrogens with zero attached hydrogens (tertiary/aromatic N) is 2. The molecule has 1 N–H and O–H groups in total. The number of thiazole rings is 1. The summed E-state index contributed by atoms with van der Waals surface area (Å²) in [5.41, 5.74) is 0.947. The average molecular weight is 369 g/mol. The van der Waals surface area contributed by atoms with Gasteiger partial charge in [-0.15, -0.1) is 23.5 Å². The van der Waals surface area contributed by atoms with Crippen LogP contribution in [0.25, 0.3) is 0 Å². The Morgan fingerprint density at radius 2 is 2.04 bits per heavy atom. The van der Waals surface area contributed by atoms with E-state index in [0.29, 0.717) is 5.13 Å². The normalized spacial score (nSPS) is 12.0. The van der Waals surface area contributed by atoms with E-state index in [1.165, 1.54) is 35.2 Å². The van der Waals surface area contributed by atoms with Crippen molar-refractivity contribution in [3.8, 4) is 0 Å². The van der Waals surface area contributed by atoms with Gasteiger partial charge in [-0.2, -0.15) is 0 Å². The Balaban J connectivity index is 1.97. The number of hydrogen-bond acceptors (Lipinski definition) is 7. The highest BCUT2D eigenvalue weighted by Gasteiger charge is 2.17. The van der Waals surface area contributed by atoms with Gasteiger partial charge in [0.05, 0.1) is 20.1 Å². The van der Waals surface area contributed by atoms with E-state index < -0.39 is 4.92 Å². The molecule has 0 aliphatic heterocycles. The maximum Gasteiger partial charge on any atom is 0.269 e. The summed E-state index contributed by atoms with van der Waals surface area (Å²) in [6.45, 7) is 3.70. The molecule has 1 amide bonds. The number of amides is 1. The highest BCUT2D eigenvalue weighted by atomic mass is 32.2. The number of non-ortho nitro benzene ring substituents is 1. The molecule has 9 heteroatoms. The number of nitro benzene ring substituents is 1. The number of nitro groups is 1. The first-order valence-electron chi connectivity index (χ1n) is 6.64. The molecule has 0 aliphatic rings. The van der Waals surface area contributed by atoms with Gasteiger partial charge in [0.2, 0.25) is 5.91 Å². The minimum atomic E-state index is -0.446. The van der Waals surface area contributed by atoms with Gasteiger partial charge in [-0.3, -0.25) is 14.9 Å². The lowest BCUT2D eigenvalue weighted by atomic mass is 10.3. The molecule has 2 rings (SSSR count). The number of aryl methyl sites for hydroxylation is 1. The predicted molar refractivity (Wildman–Crippen MR) is 95.7 cm³/mol. The number of carbonyl (C=O) groups is 1. The Morgan fingerprint density at radius 3 is 2.57 bits per heavy atom. The maximum atomic E-state index is 12.2. The van der Waals surface area contributed by atoms with Gasteiger partial charge in [-0.25, -0.2) is 4.98 Å². The summed E-state index contributed by atoms with van der Waals surface area (Å²) in [6, 6.07) is 6.15. The molecule has 0 bridgehead atoms. The van der Waals surface area contributed by atoms with Crippen LogP contribution in [0, 0.1) is 17.0 Å². The Bertz CT molecular complexity index is 716. The molecule has 0 fully saturated rings. The molecule has 1 atom stereocenters. The number of thioether (sulfide) groups is 2. The van der Waals surface area contributed by atoms with Crippen molar-refractivity contribution >= 4 is 51.6 Å². The molecule has 1 aromatic heterocycles. The summed E-state index contributed by atoms with van der Waals surface area (Å²) in [7, 11) is 0. The van der Waals surface area contributed by atoms with Gasteiger partial charge < -0.3 is 5.32 Å². The highest BCUT2D eigenvalue weighted by Crippen LogP contribution is 2.31. The fourth-order valence-electron chi connectivity index (χ4n) is 1.74. The van der Waals surface area contributed by atoms with Gasteiger partial charge in [0, 0.05) is 17.0 Å². The van der Waals surface area contributed by atoms with E-state index in [9.17, 15) is 14.9 Å². The van der Waals surface area contributed by atoms with E-state index in [2.05, 4.69) is 10.3 Å². The van der Waals surface area contributed by atoms with Crippen LogP contribution in [0.1, 0.15) is 12.6 Å². The SMILES string of the molecule is CSc1sc(NC(=O)C(C)Sc2ccc([N+](=O)[O-])cc2)nc1C. The molecule has 0 radical (unpaired) electrons. The summed E-state index contributed by atoms with van der Waals surface area (Å²) in [5.74, 6) is -0.144. The van der Waals surface area contributed by atoms with Crippen LogP contribution in [0.2, 0.25) is 0 Å². The molecule has 0 spiro atoms. The van der Waals surface area contributed by atoms with Crippen LogP contribution in [0.4, 0.5) is 10.8 Å². The summed E-state index contributed by atoms with van der Waals surface area (Å²) in [5, 5.41) is 13.7. The van der Waals surface area contributed by atoms with Crippen LogP contribution in [0.3, 0.4) is 0 Å². The molecule has 0 aliphatic carbocycles. The zero-order valence-electron chi connectivity index (χ0n) is 12.7. The summed E-state index contributed by atoms with van der Waals surface area (Å²) in [6.07, 6.45) is 1.97. The number of aromatic nitrogens is 1. The highest BCUT2D eigenvalue weighted by molar-refractivity contribution is 8.00. The first-order valence-corrected chi connectivity index (χ1v) is 9.56. The fourth-order valence-corrected chi connectivity index (χ4v) is 4.22. The van der Waals surface area contributed by atoms with Gasteiger partial charge in [0.15, 0.2) is 5.13 Å². The number of carbonyl (C=O) groups excluding carboxylic acids is 1. The van der Waals surface area contributed by atoms with Gasteiger partial charge in [-0.1, -0.05) is 11.3 Å². The number of benzene rings is 1. The smallest absolute Gasteiger partial charge is 0.269 e. The van der Waals surface area contributed by atoms with E-state index >= 15 is 0 Å². The minimum Gasteiger partial charge on any atom is -0.301 e. The van der Waals surface area contributed by atoms with Crippen molar-refractivity contribution in [2.24, 2.45) is 0 Å². The maximum absolute atomic E-state index is 12.2. The number of anilines is 1. The molecule has 1 unspecified atom stereocenters. The second-order valence-electron chi connectivity index (χ2n) is 4.60. The summed E-state index contributed by atoms with van der Waals surface area (Å²) in [4.78, 5) is 27.5. The lowest BCUT2D eigenvalue weighted by molar-refractivity contribution is -0.384.